The van der Waals surface area contributed by atoms with Crippen LogP contribution in [0.3, 0.4) is 0 Å². The third-order valence-electron chi connectivity index (χ3n) is 4.07. The van der Waals surface area contributed by atoms with Gasteiger partial charge in [-0.15, -0.1) is 41.8 Å². The summed E-state index contributed by atoms with van der Waals surface area (Å²) >= 11 is 1.83. The Kier molecular flexibility index (Phi) is 6.53. The second kappa shape index (κ2) is 14.2. The standard InChI is InChI=1S/C12H11N.C12H7S.C6H7N.Ir/c1-10(2)8-9-12(13)11-6-4-3-5-7-11;1-3-7-11-9(5-1)10-6-2-4-8-12(10)13-11;1-6-3-2-4-7-5-6;/h3-6,8-9H,1H2,2H3;1-3,5-8H;2-5H,1H3;/q-2;-1;;+3/b9-8-;;;/i2D3,8D,9D;;1D3,2D,3D;. The number of benzene rings is 3. The van der Waals surface area contributed by atoms with Gasteiger partial charge in [-0.2, -0.15) is 29.8 Å². The van der Waals surface area contributed by atoms with Crippen LogP contribution in [0.25, 0.3) is 25.6 Å². The van der Waals surface area contributed by atoms with Crippen LogP contribution in [0.15, 0.2) is 115 Å². The zero-order valence-corrected chi connectivity index (χ0v) is 21.1. The van der Waals surface area contributed by atoms with Gasteiger partial charge in [0.25, 0.3) is 0 Å². The summed E-state index contributed by atoms with van der Waals surface area (Å²) in [5.41, 5.74) is -0.915. The van der Waals surface area contributed by atoms with Crippen LogP contribution in [-0.2, 0) is 20.1 Å². The fourth-order valence-corrected chi connectivity index (χ4v) is 3.74. The van der Waals surface area contributed by atoms with E-state index in [-0.39, 0.29) is 43.3 Å². The first-order valence-corrected chi connectivity index (χ1v) is 10.5. The topological polar surface area (TPSA) is 35.2 Å². The van der Waals surface area contributed by atoms with Gasteiger partial charge in [-0.3, -0.25) is 4.98 Å². The minimum atomic E-state index is -2.55. The maximum Gasteiger partial charge on any atom is 3.00 e. The van der Waals surface area contributed by atoms with Crippen LogP contribution in [0.2, 0.25) is 0 Å². The first-order chi connectivity index (χ1) is 20.1. The summed E-state index contributed by atoms with van der Waals surface area (Å²) in [6, 6.07) is 25.2. The van der Waals surface area contributed by atoms with Crippen molar-refractivity contribution in [3.63, 3.8) is 0 Å². The van der Waals surface area contributed by atoms with Crippen molar-refractivity contribution in [2.45, 2.75) is 13.7 Å². The summed E-state index contributed by atoms with van der Waals surface area (Å²) in [4.78, 5) is 3.54. The van der Waals surface area contributed by atoms with Crippen LogP contribution < -0.4 is 0 Å². The number of thiophene rings is 1. The summed E-state index contributed by atoms with van der Waals surface area (Å²) in [6.45, 7) is -1.64. The monoisotopic (exact) mass is 648 g/mol. The quantitative estimate of drug-likeness (QED) is 0.110. The Morgan fingerprint density at radius 2 is 1.94 bits per heavy atom. The fraction of sp³-hybridized carbons (Fsp3) is 0.0667. The van der Waals surface area contributed by atoms with Crippen molar-refractivity contribution >= 4 is 37.2 Å². The molecule has 0 aliphatic rings. The van der Waals surface area contributed by atoms with E-state index in [0.29, 0.717) is 0 Å². The molecule has 5 rings (SSSR count). The third kappa shape index (κ3) is 8.31. The fourth-order valence-electron chi connectivity index (χ4n) is 2.65. The van der Waals surface area contributed by atoms with E-state index in [2.05, 4.69) is 60.1 Å². The maximum atomic E-state index is 9.77. The molecule has 4 heteroatoms. The Labute approximate surface area is 233 Å². The number of aryl methyl sites for hydroxylation is 1. The van der Waals surface area contributed by atoms with E-state index in [9.17, 15) is 5.41 Å². The van der Waals surface area contributed by atoms with Gasteiger partial charge in [-0.1, -0.05) is 47.1 Å². The van der Waals surface area contributed by atoms with Crippen LogP contribution in [-0.4, -0.2) is 10.7 Å². The van der Waals surface area contributed by atoms with Crippen LogP contribution in [0, 0.1) is 19.0 Å². The van der Waals surface area contributed by atoms with Gasteiger partial charge in [0.2, 0.25) is 0 Å². The van der Waals surface area contributed by atoms with E-state index in [1.54, 1.807) is 18.2 Å². The first-order valence-electron chi connectivity index (χ1n) is 14.7. The zero-order valence-electron chi connectivity index (χ0n) is 27.8. The van der Waals surface area contributed by atoms with Crippen molar-refractivity contribution in [3.05, 3.63) is 144 Å². The van der Waals surface area contributed by atoms with Crippen molar-refractivity contribution in [2.75, 3.05) is 0 Å². The Morgan fingerprint density at radius 1 is 1.12 bits per heavy atom. The molecule has 3 aromatic carbocycles. The molecule has 0 fully saturated rings. The van der Waals surface area contributed by atoms with Gasteiger partial charge in [-0.05, 0) is 36.8 Å². The maximum absolute atomic E-state index is 9.77. The number of pyridine rings is 1. The van der Waals surface area contributed by atoms with E-state index in [1.165, 1.54) is 26.2 Å². The number of nitrogens with zero attached hydrogens (tertiary/aromatic N) is 2. The third-order valence-corrected chi connectivity index (χ3v) is 5.20. The van der Waals surface area contributed by atoms with E-state index < -0.39 is 37.1 Å². The number of allylic oxidation sites excluding steroid dienone is 3. The molecule has 5 aromatic rings. The minimum Gasteiger partial charge on any atom is -0.855 e. The molecule has 2 nitrogen and oxygen atoms in total. The molecule has 0 saturated heterocycles. The van der Waals surface area contributed by atoms with Crippen molar-refractivity contribution in [1.82, 2.24) is 4.98 Å². The molecular weight excluding hydrogens is 613 g/mol. The number of fused-ring (bicyclic) bond motifs is 3. The molecule has 34 heavy (non-hydrogen) atoms. The number of aromatic nitrogens is 1. The summed E-state index contributed by atoms with van der Waals surface area (Å²) < 4.78 is 74.6. The molecule has 2 heterocycles. The molecular formula is C30H25IrN2S. The Bertz CT molecular complexity index is 1730. The minimum absolute atomic E-state index is 0. The predicted molar refractivity (Wildman–Crippen MR) is 144 cm³/mol. The van der Waals surface area contributed by atoms with Crippen LogP contribution in [0.1, 0.15) is 31.7 Å². The summed E-state index contributed by atoms with van der Waals surface area (Å²) in [5.74, 6) is 0. The van der Waals surface area contributed by atoms with Crippen molar-refractivity contribution in [2.24, 2.45) is 0 Å². The summed E-state index contributed by atoms with van der Waals surface area (Å²) in [5, 5.41) is 12.5. The number of hydrogen-bond donors (Lipinski definition) is 0. The second-order valence-corrected chi connectivity index (χ2v) is 7.55. The van der Waals surface area contributed by atoms with E-state index in [1.807, 2.05) is 17.4 Å². The van der Waals surface area contributed by atoms with Crippen molar-refractivity contribution < 1.29 is 33.8 Å². The summed E-state index contributed by atoms with van der Waals surface area (Å²) in [6.07, 6.45) is 2.25. The Hall–Kier alpha value is -3.17. The van der Waals surface area contributed by atoms with Gasteiger partial charge in [0.15, 0.2) is 0 Å². The largest absolute Gasteiger partial charge is 3.00 e. The molecule has 0 saturated carbocycles. The number of rotatable bonds is 3. The van der Waals surface area contributed by atoms with Gasteiger partial charge in [-0.25, -0.2) is 17.0 Å². The molecule has 0 aliphatic carbocycles. The van der Waals surface area contributed by atoms with Gasteiger partial charge >= 0.3 is 20.1 Å². The van der Waals surface area contributed by atoms with Crippen LogP contribution >= 0.6 is 11.3 Å². The first kappa shape index (κ1) is 15.7. The summed E-state index contributed by atoms with van der Waals surface area (Å²) in [7, 11) is 0. The zero-order chi connectivity index (χ0) is 31.9. The van der Waals surface area contributed by atoms with Crippen molar-refractivity contribution in [1.29, 1.82) is 0 Å². The van der Waals surface area contributed by atoms with Crippen LogP contribution in [0.5, 0.6) is 0 Å². The predicted octanol–water partition coefficient (Wildman–Crippen LogP) is 8.22. The molecule has 0 radical (unpaired) electrons. The molecule has 170 valence electrons. The molecule has 0 aliphatic heterocycles. The Morgan fingerprint density at radius 3 is 2.71 bits per heavy atom. The molecule has 0 bridgehead atoms. The second-order valence-electron chi connectivity index (χ2n) is 6.46. The average Bonchev–Trinajstić information content (AvgIpc) is 3.36. The van der Waals surface area contributed by atoms with E-state index >= 15 is 0 Å². The smallest absolute Gasteiger partial charge is 0.855 e. The molecule has 0 spiro atoms. The van der Waals surface area contributed by atoms with Crippen LogP contribution in [0.4, 0.5) is 0 Å². The van der Waals surface area contributed by atoms with Crippen molar-refractivity contribution in [3.8, 4) is 0 Å². The van der Waals surface area contributed by atoms with Gasteiger partial charge in [0.05, 0.1) is 4.11 Å². The number of hydrogen-bond acceptors (Lipinski definition) is 2. The van der Waals surface area contributed by atoms with Gasteiger partial charge in [0, 0.05) is 26.7 Å². The van der Waals surface area contributed by atoms with Gasteiger partial charge < -0.3 is 5.41 Å². The molecule has 0 unspecified atom stereocenters. The molecule has 0 amide bonds. The molecule has 0 N–H and O–H groups in total. The Balaban J connectivity index is 0.000000233. The normalized spacial score (nSPS) is 15.5. The molecule has 2 aromatic heterocycles. The van der Waals surface area contributed by atoms with Gasteiger partial charge in [0.1, 0.15) is 0 Å². The molecule has 0 atom stereocenters. The van der Waals surface area contributed by atoms with E-state index in [4.69, 9.17) is 13.7 Å². The average molecular weight is 648 g/mol. The van der Waals surface area contributed by atoms with E-state index in [0.717, 1.165) is 12.4 Å². The SMILES string of the molecule is [2H]/C(C(=C)C([2H])([2H])[2H])=C(\[2H])C(=[N-])c1[c-]cccc1.[2H]c1cncc(C([2H])([2H])[2H])c1[2H].[Ir+3].[c-]1ccc2c(c1)sc1ccccc12.